The summed E-state index contributed by atoms with van der Waals surface area (Å²) in [4.78, 5) is 27.9. The molecule has 6 nitrogen and oxygen atoms in total. The molecular weight excluding hydrogens is 330 g/mol. The Balaban J connectivity index is 1.57. The van der Waals surface area contributed by atoms with Gasteiger partial charge in [0.15, 0.2) is 0 Å². The standard InChI is InChI=1S/C20H17N3O3/c1-14-7-12-18(21-13-14)23-20(25)19(24)22-15-8-10-17(11-9-15)26-16-5-3-2-4-6-16/h2-13H,1H3,(H,22,24)(H,21,23,25). The van der Waals surface area contributed by atoms with Crippen molar-refractivity contribution in [2.24, 2.45) is 0 Å². The Morgan fingerprint density at radius 1 is 0.808 bits per heavy atom. The Hall–Kier alpha value is -3.67. The third-order valence-electron chi connectivity index (χ3n) is 3.45. The lowest BCUT2D eigenvalue weighted by Gasteiger charge is -2.08. The zero-order chi connectivity index (χ0) is 18.4. The second-order valence-corrected chi connectivity index (χ2v) is 5.57. The van der Waals surface area contributed by atoms with Crippen LogP contribution >= 0.6 is 0 Å². The molecule has 130 valence electrons. The molecule has 3 aromatic rings. The number of nitrogens with one attached hydrogen (secondary N) is 2. The average molecular weight is 347 g/mol. The Kier molecular flexibility index (Phi) is 5.24. The minimum Gasteiger partial charge on any atom is -0.457 e. The molecule has 0 aliphatic rings. The van der Waals surface area contributed by atoms with E-state index < -0.39 is 11.8 Å². The Bertz CT molecular complexity index is 892. The van der Waals surface area contributed by atoms with Gasteiger partial charge in [-0.25, -0.2) is 4.98 Å². The third-order valence-corrected chi connectivity index (χ3v) is 3.45. The smallest absolute Gasteiger partial charge is 0.315 e. The number of pyridine rings is 1. The molecule has 3 rings (SSSR count). The van der Waals surface area contributed by atoms with Crippen LogP contribution in [-0.4, -0.2) is 16.8 Å². The van der Waals surface area contributed by atoms with Crippen LogP contribution in [0.5, 0.6) is 11.5 Å². The van der Waals surface area contributed by atoms with Crippen LogP contribution in [0.25, 0.3) is 0 Å². The van der Waals surface area contributed by atoms with Crippen molar-refractivity contribution >= 4 is 23.3 Å². The van der Waals surface area contributed by atoms with Gasteiger partial charge >= 0.3 is 11.8 Å². The van der Waals surface area contributed by atoms with Crippen molar-refractivity contribution in [3.63, 3.8) is 0 Å². The zero-order valence-corrected chi connectivity index (χ0v) is 14.1. The first-order chi connectivity index (χ1) is 12.6. The third kappa shape index (κ3) is 4.67. The molecule has 0 unspecified atom stereocenters. The van der Waals surface area contributed by atoms with Crippen LogP contribution < -0.4 is 15.4 Å². The Labute approximate surface area is 150 Å². The van der Waals surface area contributed by atoms with E-state index in [0.29, 0.717) is 23.0 Å². The number of para-hydroxylation sites is 1. The average Bonchev–Trinajstić information content (AvgIpc) is 2.66. The van der Waals surface area contributed by atoms with Gasteiger partial charge in [0, 0.05) is 11.9 Å². The van der Waals surface area contributed by atoms with E-state index in [9.17, 15) is 9.59 Å². The number of carbonyl (C=O) groups is 2. The zero-order valence-electron chi connectivity index (χ0n) is 14.1. The number of carbonyl (C=O) groups excluding carboxylic acids is 2. The summed E-state index contributed by atoms with van der Waals surface area (Å²) < 4.78 is 5.67. The Morgan fingerprint density at radius 3 is 2.12 bits per heavy atom. The van der Waals surface area contributed by atoms with Gasteiger partial charge in [0.1, 0.15) is 17.3 Å². The van der Waals surface area contributed by atoms with Crippen LogP contribution in [-0.2, 0) is 9.59 Å². The molecule has 2 amide bonds. The molecule has 1 heterocycles. The molecule has 0 saturated carbocycles. The van der Waals surface area contributed by atoms with E-state index in [-0.39, 0.29) is 0 Å². The predicted octanol–water partition coefficient (Wildman–Crippen LogP) is 3.76. The number of benzene rings is 2. The molecule has 2 aromatic carbocycles. The van der Waals surface area contributed by atoms with Crippen LogP contribution in [0.1, 0.15) is 5.56 Å². The van der Waals surface area contributed by atoms with Gasteiger partial charge in [-0.3, -0.25) is 9.59 Å². The fourth-order valence-electron chi connectivity index (χ4n) is 2.13. The first-order valence-corrected chi connectivity index (χ1v) is 7.98. The number of aryl methyl sites for hydroxylation is 1. The normalized spacial score (nSPS) is 10.0. The van der Waals surface area contributed by atoms with Gasteiger partial charge < -0.3 is 15.4 Å². The number of aromatic nitrogens is 1. The molecule has 0 radical (unpaired) electrons. The number of nitrogens with zero attached hydrogens (tertiary/aromatic N) is 1. The van der Waals surface area contributed by atoms with E-state index in [1.165, 1.54) is 0 Å². The maximum atomic E-state index is 12.0. The first-order valence-electron chi connectivity index (χ1n) is 7.98. The largest absolute Gasteiger partial charge is 0.457 e. The van der Waals surface area contributed by atoms with Gasteiger partial charge in [-0.15, -0.1) is 0 Å². The fraction of sp³-hybridized carbons (Fsp3) is 0.0500. The number of hydrogen-bond acceptors (Lipinski definition) is 4. The van der Waals surface area contributed by atoms with Gasteiger partial charge in [0.05, 0.1) is 0 Å². The number of hydrogen-bond donors (Lipinski definition) is 2. The van der Waals surface area contributed by atoms with E-state index in [2.05, 4.69) is 15.6 Å². The van der Waals surface area contributed by atoms with Gasteiger partial charge in [-0.1, -0.05) is 24.3 Å². The number of ether oxygens (including phenoxy) is 1. The maximum absolute atomic E-state index is 12.0. The first kappa shape index (κ1) is 17.2. The Morgan fingerprint density at radius 2 is 1.46 bits per heavy atom. The van der Waals surface area contributed by atoms with Crippen LogP contribution in [0.4, 0.5) is 11.5 Å². The topological polar surface area (TPSA) is 80.3 Å². The maximum Gasteiger partial charge on any atom is 0.315 e. The van der Waals surface area contributed by atoms with Gasteiger partial charge in [-0.05, 0) is 55.0 Å². The van der Waals surface area contributed by atoms with Crippen LogP contribution in [0.2, 0.25) is 0 Å². The van der Waals surface area contributed by atoms with Crippen LogP contribution in [0.15, 0.2) is 72.9 Å². The van der Waals surface area contributed by atoms with Crippen LogP contribution in [0.3, 0.4) is 0 Å². The summed E-state index contributed by atoms with van der Waals surface area (Å²) in [5, 5.41) is 4.98. The summed E-state index contributed by atoms with van der Waals surface area (Å²) in [5.41, 5.74) is 1.45. The molecule has 0 saturated heterocycles. The van der Waals surface area contributed by atoms with Crippen molar-refractivity contribution in [3.8, 4) is 11.5 Å². The molecular formula is C20H17N3O3. The molecule has 6 heteroatoms. The highest BCUT2D eigenvalue weighted by atomic mass is 16.5. The lowest BCUT2D eigenvalue weighted by Crippen LogP contribution is -2.29. The van der Waals surface area contributed by atoms with Crippen molar-refractivity contribution < 1.29 is 14.3 Å². The second kappa shape index (κ2) is 7.94. The molecule has 0 aliphatic carbocycles. The van der Waals surface area contributed by atoms with Crippen molar-refractivity contribution in [1.29, 1.82) is 0 Å². The minimum absolute atomic E-state index is 0.322. The van der Waals surface area contributed by atoms with E-state index in [0.717, 1.165) is 5.56 Å². The van der Waals surface area contributed by atoms with E-state index in [1.807, 2.05) is 37.3 Å². The van der Waals surface area contributed by atoms with Crippen LogP contribution in [0, 0.1) is 6.92 Å². The highest BCUT2D eigenvalue weighted by molar-refractivity contribution is 6.43. The van der Waals surface area contributed by atoms with E-state index >= 15 is 0 Å². The molecule has 0 bridgehead atoms. The predicted molar refractivity (Wildman–Crippen MR) is 99.2 cm³/mol. The van der Waals surface area contributed by atoms with Gasteiger partial charge in [0.25, 0.3) is 0 Å². The summed E-state index contributed by atoms with van der Waals surface area (Å²) >= 11 is 0. The molecule has 26 heavy (non-hydrogen) atoms. The summed E-state index contributed by atoms with van der Waals surface area (Å²) in [7, 11) is 0. The lowest BCUT2D eigenvalue weighted by atomic mass is 10.3. The quantitative estimate of drug-likeness (QED) is 0.704. The van der Waals surface area contributed by atoms with E-state index in [1.54, 1.807) is 42.6 Å². The number of rotatable bonds is 4. The van der Waals surface area contributed by atoms with Gasteiger partial charge in [0.2, 0.25) is 0 Å². The van der Waals surface area contributed by atoms with Crippen molar-refractivity contribution in [2.45, 2.75) is 6.92 Å². The van der Waals surface area contributed by atoms with Gasteiger partial charge in [-0.2, -0.15) is 0 Å². The molecule has 0 aliphatic heterocycles. The summed E-state index contributed by atoms with van der Waals surface area (Å²) in [6.07, 6.45) is 1.61. The number of anilines is 2. The summed E-state index contributed by atoms with van der Waals surface area (Å²) in [6.45, 7) is 1.89. The molecule has 0 atom stereocenters. The second-order valence-electron chi connectivity index (χ2n) is 5.57. The lowest BCUT2D eigenvalue weighted by molar-refractivity contribution is -0.133. The molecule has 2 N–H and O–H groups in total. The van der Waals surface area contributed by atoms with E-state index in [4.69, 9.17) is 4.74 Å². The highest BCUT2D eigenvalue weighted by Gasteiger charge is 2.14. The van der Waals surface area contributed by atoms with Crippen molar-refractivity contribution in [3.05, 3.63) is 78.5 Å². The minimum atomic E-state index is -0.786. The molecule has 0 spiro atoms. The summed E-state index contributed by atoms with van der Waals surface area (Å²) in [6, 6.07) is 19.5. The fourth-order valence-corrected chi connectivity index (χ4v) is 2.13. The monoisotopic (exact) mass is 347 g/mol. The SMILES string of the molecule is Cc1ccc(NC(=O)C(=O)Nc2ccc(Oc3ccccc3)cc2)nc1. The molecule has 1 aromatic heterocycles. The number of amides is 2. The highest BCUT2D eigenvalue weighted by Crippen LogP contribution is 2.22. The van der Waals surface area contributed by atoms with Crippen molar-refractivity contribution in [1.82, 2.24) is 4.98 Å². The molecule has 0 fully saturated rings. The summed E-state index contributed by atoms with van der Waals surface area (Å²) in [5.74, 6) is 0.106. The van der Waals surface area contributed by atoms with Crippen molar-refractivity contribution in [2.75, 3.05) is 10.6 Å².